The second kappa shape index (κ2) is 10.1. The summed E-state index contributed by atoms with van der Waals surface area (Å²) >= 11 is 6.06. The molecule has 0 radical (unpaired) electrons. The number of carbonyl (C=O) groups is 1. The molecule has 35 heavy (non-hydrogen) atoms. The van der Waals surface area contributed by atoms with E-state index in [0.29, 0.717) is 41.4 Å². The van der Waals surface area contributed by atoms with Gasteiger partial charge in [0.05, 0.1) is 11.0 Å². The summed E-state index contributed by atoms with van der Waals surface area (Å²) in [6, 6.07) is 12.9. The molecule has 0 saturated carbocycles. The van der Waals surface area contributed by atoms with E-state index in [1.165, 1.54) is 0 Å². The van der Waals surface area contributed by atoms with Gasteiger partial charge in [0.2, 0.25) is 0 Å². The third-order valence-electron chi connectivity index (χ3n) is 5.51. The average molecular weight is 496 g/mol. The zero-order valence-corrected chi connectivity index (χ0v) is 21.2. The lowest BCUT2D eigenvalue weighted by Crippen LogP contribution is -2.27. The predicted molar refractivity (Wildman–Crippen MR) is 140 cm³/mol. The number of hydrogen-bond donors (Lipinski definition) is 1. The molecule has 0 spiro atoms. The number of nitrogens with one attached hydrogen (secondary N) is 1. The Bertz CT molecular complexity index is 1420. The zero-order chi connectivity index (χ0) is 25.2. The monoisotopic (exact) mass is 495 g/mol. The molecular formula is C27H30ClN3O4. The van der Waals surface area contributed by atoms with Crippen molar-refractivity contribution in [1.29, 1.82) is 0 Å². The highest BCUT2D eigenvalue weighted by Gasteiger charge is 2.17. The van der Waals surface area contributed by atoms with Crippen LogP contribution in [0.5, 0.6) is 0 Å². The van der Waals surface area contributed by atoms with Crippen molar-refractivity contribution in [3.63, 3.8) is 0 Å². The molecule has 8 heteroatoms. The summed E-state index contributed by atoms with van der Waals surface area (Å²) in [4.78, 5) is 34.7. The van der Waals surface area contributed by atoms with E-state index in [-0.39, 0.29) is 5.97 Å². The maximum absolute atomic E-state index is 12.8. The molecule has 1 N–H and O–H groups in total. The molecule has 0 bridgehead atoms. The Morgan fingerprint density at radius 1 is 1.14 bits per heavy atom. The van der Waals surface area contributed by atoms with Crippen LogP contribution in [-0.4, -0.2) is 34.6 Å². The van der Waals surface area contributed by atoms with Crippen molar-refractivity contribution in [2.75, 3.05) is 18.0 Å². The summed E-state index contributed by atoms with van der Waals surface area (Å²) in [6.45, 7) is 9.23. The first-order valence-electron chi connectivity index (χ1n) is 11.8. The van der Waals surface area contributed by atoms with Crippen LogP contribution in [0.25, 0.3) is 33.4 Å². The van der Waals surface area contributed by atoms with Gasteiger partial charge in [0.1, 0.15) is 22.6 Å². The van der Waals surface area contributed by atoms with E-state index in [4.69, 9.17) is 20.8 Å². The lowest BCUT2D eigenvalue weighted by molar-refractivity contribution is -0.154. The zero-order valence-electron chi connectivity index (χ0n) is 20.5. The highest BCUT2D eigenvalue weighted by molar-refractivity contribution is 6.31. The molecule has 4 aromatic rings. The topological polar surface area (TPSA) is 88.4 Å². The van der Waals surface area contributed by atoms with Gasteiger partial charge >= 0.3 is 11.6 Å². The highest BCUT2D eigenvalue weighted by Crippen LogP contribution is 2.26. The largest absolute Gasteiger partial charge is 0.460 e. The summed E-state index contributed by atoms with van der Waals surface area (Å²) in [7, 11) is 0. The lowest BCUT2D eigenvalue weighted by Gasteiger charge is -2.25. The molecule has 0 fully saturated rings. The molecule has 184 valence electrons. The normalized spacial score (nSPS) is 11.8. The molecule has 0 saturated heterocycles. The van der Waals surface area contributed by atoms with Crippen LogP contribution in [-0.2, 0) is 9.53 Å². The van der Waals surface area contributed by atoms with E-state index in [0.717, 1.165) is 35.1 Å². The number of carbonyl (C=O) groups excluding carboxylic acids is 1. The van der Waals surface area contributed by atoms with E-state index in [2.05, 4.69) is 21.8 Å². The van der Waals surface area contributed by atoms with E-state index >= 15 is 0 Å². The van der Waals surface area contributed by atoms with Gasteiger partial charge in [-0.05, 0) is 70.0 Å². The third kappa shape index (κ3) is 6.03. The molecule has 2 aromatic carbocycles. The Hall–Kier alpha value is -3.32. The van der Waals surface area contributed by atoms with Crippen LogP contribution in [0.2, 0.25) is 5.02 Å². The summed E-state index contributed by atoms with van der Waals surface area (Å²) < 4.78 is 11.1. The third-order valence-corrected chi connectivity index (χ3v) is 5.74. The maximum atomic E-state index is 12.8. The number of halogens is 1. The summed E-state index contributed by atoms with van der Waals surface area (Å²) in [5, 5.41) is 1.39. The molecule has 2 heterocycles. The first-order chi connectivity index (χ1) is 16.6. The van der Waals surface area contributed by atoms with Crippen molar-refractivity contribution in [2.45, 2.75) is 52.6 Å². The summed E-state index contributed by atoms with van der Waals surface area (Å²) in [5.41, 5.74) is 2.34. The number of H-pyrrole nitrogens is 1. The van der Waals surface area contributed by atoms with Gasteiger partial charge in [-0.15, -0.1) is 0 Å². The van der Waals surface area contributed by atoms with Gasteiger partial charge < -0.3 is 19.0 Å². The fraction of sp³-hybridized carbons (Fsp3) is 0.370. The number of nitrogens with zero attached hydrogens (tertiary/aromatic N) is 2. The van der Waals surface area contributed by atoms with Crippen LogP contribution >= 0.6 is 11.6 Å². The number of rotatable bonds is 8. The van der Waals surface area contributed by atoms with Gasteiger partial charge in [-0.1, -0.05) is 18.5 Å². The Labute approximate surface area is 209 Å². The fourth-order valence-corrected chi connectivity index (χ4v) is 4.19. The van der Waals surface area contributed by atoms with Crippen LogP contribution < -0.4 is 10.5 Å². The van der Waals surface area contributed by atoms with Crippen LogP contribution in [0.1, 0.15) is 47.0 Å². The highest BCUT2D eigenvalue weighted by atomic mass is 35.5. The number of benzene rings is 2. The van der Waals surface area contributed by atoms with Crippen LogP contribution in [0.4, 0.5) is 5.69 Å². The van der Waals surface area contributed by atoms with Gasteiger partial charge in [-0.3, -0.25) is 4.79 Å². The van der Waals surface area contributed by atoms with Crippen LogP contribution in [0.3, 0.4) is 0 Å². The number of hydrogen-bond acceptors (Lipinski definition) is 6. The first-order valence-corrected chi connectivity index (χ1v) is 12.2. The van der Waals surface area contributed by atoms with Crippen LogP contribution in [0, 0.1) is 0 Å². The molecule has 0 aliphatic carbocycles. The number of aromatic amines is 1. The van der Waals surface area contributed by atoms with Crippen LogP contribution in [0.15, 0.2) is 51.7 Å². The number of fused-ring (bicyclic) bond motifs is 2. The number of aromatic nitrogens is 2. The molecule has 0 aliphatic rings. The molecule has 2 aromatic heterocycles. The van der Waals surface area contributed by atoms with Crippen molar-refractivity contribution in [3.05, 3.63) is 57.9 Å². The van der Waals surface area contributed by atoms with Crippen molar-refractivity contribution < 1.29 is 13.9 Å². The maximum Gasteiger partial charge on any atom is 0.347 e. The van der Waals surface area contributed by atoms with Gasteiger partial charge in [0, 0.05) is 41.7 Å². The average Bonchev–Trinajstić information content (AvgIpc) is 3.19. The second-order valence-electron chi connectivity index (χ2n) is 9.59. The smallest absolute Gasteiger partial charge is 0.347 e. The van der Waals surface area contributed by atoms with E-state index in [1.54, 1.807) is 24.3 Å². The lowest BCUT2D eigenvalue weighted by atomic mass is 10.1. The van der Waals surface area contributed by atoms with Gasteiger partial charge in [0.15, 0.2) is 0 Å². The standard InChI is InChI=1S/C27H30ClN3O4/c1-5-12-31(13-6-7-24(32)35-27(2,3)4)19-10-8-17-14-20(26(33)34-23(17)16-19)25-29-21-11-9-18(28)15-22(21)30-25/h8-11,14-16H,5-7,12-13H2,1-4H3,(H,29,30). The first kappa shape index (κ1) is 24.8. The minimum atomic E-state index is -0.482. The number of esters is 1. The Kier molecular flexibility index (Phi) is 7.17. The van der Waals surface area contributed by atoms with Crippen molar-refractivity contribution in [2.24, 2.45) is 0 Å². The predicted octanol–water partition coefficient (Wildman–Crippen LogP) is 6.33. The van der Waals surface area contributed by atoms with Gasteiger partial charge in [0.25, 0.3) is 0 Å². The SMILES string of the molecule is CCCN(CCCC(=O)OC(C)(C)C)c1ccc2cc(-c3nc4ccc(Cl)cc4[nH]3)c(=O)oc2c1. The van der Waals surface area contributed by atoms with Crippen molar-refractivity contribution >= 4 is 45.3 Å². The van der Waals surface area contributed by atoms with Crippen molar-refractivity contribution in [1.82, 2.24) is 9.97 Å². The van der Waals surface area contributed by atoms with Gasteiger partial charge in [-0.2, -0.15) is 0 Å². The Morgan fingerprint density at radius 3 is 2.69 bits per heavy atom. The van der Waals surface area contributed by atoms with Gasteiger partial charge in [-0.25, -0.2) is 9.78 Å². The summed E-state index contributed by atoms with van der Waals surface area (Å²) in [6.07, 6.45) is 1.97. The number of ether oxygens (including phenoxy) is 1. The fourth-order valence-electron chi connectivity index (χ4n) is 4.02. The van der Waals surface area contributed by atoms with E-state index in [9.17, 15) is 9.59 Å². The Balaban J connectivity index is 1.55. The molecule has 7 nitrogen and oxygen atoms in total. The molecule has 4 rings (SSSR count). The Morgan fingerprint density at radius 2 is 1.94 bits per heavy atom. The minimum absolute atomic E-state index is 0.196. The molecular weight excluding hydrogens is 466 g/mol. The molecule has 0 unspecified atom stereocenters. The van der Waals surface area contributed by atoms with Crippen molar-refractivity contribution in [3.8, 4) is 11.4 Å². The second-order valence-corrected chi connectivity index (χ2v) is 10.0. The molecule has 0 aliphatic heterocycles. The van der Waals surface area contributed by atoms with E-state index < -0.39 is 11.2 Å². The molecule has 0 amide bonds. The van der Waals surface area contributed by atoms with E-state index in [1.807, 2.05) is 39.0 Å². The number of imidazole rings is 1. The quantitative estimate of drug-likeness (QED) is 0.227. The summed E-state index contributed by atoms with van der Waals surface area (Å²) in [5.74, 6) is 0.246. The molecule has 0 atom stereocenters. The minimum Gasteiger partial charge on any atom is -0.460 e. The number of anilines is 1.